The van der Waals surface area contributed by atoms with Gasteiger partial charge in [-0.25, -0.2) is 0 Å². The van der Waals surface area contributed by atoms with Crippen molar-refractivity contribution in [1.29, 1.82) is 0 Å². The van der Waals surface area contributed by atoms with Crippen molar-refractivity contribution in [1.82, 2.24) is 0 Å². The number of hydrogen-bond acceptors (Lipinski definition) is 1. The van der Waals surface area contributed by atoms with Gasteiger partial charge in [0.25, 0.3) is 0 Å². The van der Waals surface area contributed by atoms with Gasteiger partial charge in [0.15, 0.2) is 8.07 Å². The number of hydrogen-bond donors (Lipinski definition) is 0. The highest BCUT2D eigenvalue weighted by atomic mass is 28.3. The van der Waals surface area contributed by atoms with Gasteiger partial charge in [0, 0.05) is 6.42 Å². The number of carbonyl (C=O) groups is 1. The third kappa shape index (κ3) is 4.41. The first-order valence-corrected chi connectivity index (χ1v) is 10.2. The SMILES string of the molecule is CCCCCCCC(=O)[Si](C)(C)c1ccccc1. The summed E-state index contributed by atoms with van der Waals surface area (Å²) in [6, 6.07) is 10.3. The lowest BCUT2D eigenvalue weighted by molar-refractivity contribution is -0.112. The van der Waals surface area contributed by atoms with Crippen LogP contribution >= 0.6 is 0 Å². The zero-order valence-electron chi connectivity index (χ0n) is 12.0. The molecule has 0 fully saturated rings. The molecule has 0 aliphatic carbocycles. The van der Waals surface area contributed by atoms with Crippen LogP contribution in [-0.4, -0.2) is 13.5 Å². The molecule has 0 radical (unpaired) electrons. The van der Waals surface area contributed by atoms with Crippen LogP contribution in [0, 0.1) is 0 Å². The van der Waals surface area contributed by atoms with E-state index in [1.807, 2.05) is 18.2 Å². The van der Waals surface area contributed by atoms with Crippen molar-refractivity contribution in [2.45, 2.75) is 58.5 Å². The van der Waals surface area contributed by atoms with Gasteiger partial charge < -0.3 is 4.79 Å². The maximum atomic E-state index is 12.4. The molecule has 0 unspecified atom stereocenters. The predicted molar refractivity (Wildman–Crippen MR) is 81.9 cm³/mol. The number of rotatable bonds is 8. The molecule has 2 heteroatoms. The molecule has 0 spiro atoms. The van der Waals surface area contributed by atoms with Crippen LogP contribution in [-0.2, 0) is 4.79 Å². The highest BCUT2D eigenvalue weighted by Crippen LogP contribution is 2.12. The molecule has 0 aliphatic heterocycles. The monoisotopic (exact) mass is 262 g/mol. The summed E-state index contributed by atoms with van der Waals surface area (Å²) in [5, 5.41) is 1.77. The molecular weight excluding hydrogens is 236 g/mol. The summed E-state index contributed by atoms with van der Waals surface area (Å²) in [4.78, 5) is 12.4. The van der Waals surface area contributed by atoms with Crippen LogP contribution in [0.4, 0.5) is 0 Å². The molecular formula is C16H26OSi. The van der Waals surface area contributed by atoms with Crippen LogP contribution in [0.1, 0.15) is 45.4 Å². The minimum absolute atomic E-state index is 0.505. The van der Waals surface area contributed by atoms with Gasteiger partial charge >= 0.3 is 0 Å². The lowest BCUT2D eigenvalue weighted by atomic mass is 10.1. The van der Waals surface area contributed by atoms with E-state index >= 15 is 0 Å². The van der Waals surface area contributed by atoms with Crippen molar-refractivity contribution >= 4 is 18.7 Å². The molecule has 18 heavy (non-hydrogen) atoms. The average Bonchev–Trinajstić information content (AvgIpc) is 2.39. The van der Waals surface area contributed by atoms with Gasteiger partial charge in [-0.05, 0) is 6.42 Å². The average molecular weight is 262 g/mol. The second-order valence-corrected chi connectivity index (χ2v) is 9.96. The minimum Gasteiger partial charge on any atom is -0.305 e. The Balaban J connectivity index is 2.45. The molecule has 0 atom stereocenters. The van der Waals surface area contributed by atoms with Gasteiger partial charge in [-0.3, -0.25) is 0 Å². The molecule has 0 amide bonds. The Hall–Kier alpha value is -0.893. The summed E-state index contributed by atoms with van der Waals surface area (Å²) in [6.45, 7) is 6.57. The summed E-state index contributed by atoms with van der Waals surface area (Å²) in [6.07, 6.45) is 6.89. The van der Waals surface area contributed by atoms with E-state index in [0.29, 0.717) is 5.41 Å². The van der Waals surface area contributed by atoms with Crippen LogP contribution in [0.3, 0.4) is 0 Å². The molecule has 0 heterocycles. The first kappa shape index (κ1) is 15.2. The van der Waals surface area contributed by atoms with E-state index in [-0.39, 0.29) is 0 Å². The normalized spacial score (nSPS) is 11.5. The quantitative estimate of drug-likeness (QED) is 0.510. The third-order valence-electron chi connectivity index (χ3n) is 3.70. The Labute approximate surface area is 113 Å². The van der Waals surface area contributed by atoms with Gasteiger partial charge in [0.1, 0.15) is 5.41 Å². The number of unbranched alkanes of at least 4 members (excludes halogenated alkanes) is 4. The summed E-state index contributed by atoms with van der Waals surface area (Å²) in [7, 11) is -1.89. The zero-order chi connectivity index (χ0) is 13.4. The van der Waals surface area contributed by atoms with Crippen molar-refractivity contribution < 1.29 is 4.79 Å². The Kier molecular flexibility index (Phi) is 6.34. The first-order valence-electron chi connectivity index (χ1n) is 7.18. The van der Waals surface area contributed by atoms with Gasteiger partial charge in [-0.1, -0.05) is 81.2 Å². The van der Waals surface area contributed by atoms with Crippen LogP contribution in [0.15, 0.2) is 30.3 Å². The lowest BCUT2D eigenvalue weighted by Gasteiger charge is -2.21. The highest BCUT2D eigenvalue weighted by molar-refractivity contribution is 7.13. The molecule has 0 saturated heterocycles. The molecule has 100 valence electrons. The Morgan fingerprint density at radius 1 is 1.00 bits per heavy atom. The van der Waals surface area contributed by atoms with Gasteiger partial charge in [-0.15, -0.1) is 0 Å². The molecule has 1 nitrogen and oxygen atoms in total. The summed E-state index contributed by atoms with van der Waals surface area (Å²) >= 11 is 0. The Bertz CT molecular complexity index is 357. The molecule has 0 aliphatic rings. The summed E-state index contributed by atoms with van der Waals surface area (Å²) < 4.78 is 0. The van der Waals surface area contributed by atoms with E-state index in [2.05, 4.69) is 32.2 Å². The topological polar surface area (TPSA) is 17.1 Å². The van der Waals surface area contributed by atoms with E-state index in [0.717, 1.165) is 12.8 Å². The van der Waals surface area contributed by atoms with Crippen LogP contribution in [0.2, 0.25) is 13.1 Å². The van der Waals surface area contributed by atoms with Crippen molar-refractivity contribution in [3.63, 3.8) is 0 Å². The van der Waals surface area contributed by atoms with Gasteiger partial charge in [-0.2, -0.15) is 0 Å². The minimum atomic E-state index is -1.89. The Morgan fingerprint density at radius 2 is 1.61 bits per heavy atom. The third-order valence-corrected chi connectivity index (χ3v) is 7.12. The fraction of sp³-hybridized carbons (Fsp3) is 0.562. The van der Waals surface area contributed by atoms with Crippen molar-refractivity contribution in [2.75, 3.05) is 0 Å². The largest absolute Gasteiger partial charge is 0.305 e. The number of benzene rings is 1. The van der Waals surface area contributed by atoms with Gasteiger partial charge in [0.2, 0.25) is 0 Å². The molecule has 0 aromatic heterocycles. The maximum absolute atomic E-state index is 12.4. The smallest absolute Gasteiger partial charge is 0.157 e. The maximum Gasteiger partial charge on any atom is 0.157 e. The van der Waals surface area contributed by atoms with Gasteiger partial charge in [0.05, 0.1) is 0 Å². The fourth-order valence-corrected chi connectivity index (χ4v) is 4.37. The lowest BCUT2D eigenvalue weighted by Crippen LogP contribution is -2.49. The van der Waals surface area contributed by atoms with E-state index in [1.165, 1.54) is 30.9 Å². The molecule has 0 saturated carbocycles. The van der Waals surface area contributed by atoms with Crippen molar-refractivity contribution in [2.24, 2.45) is 0 Å². The second kappa shape index (κ2) is 7.52. The highest BCUT2D eigenvalue weighted by Gasteiger charge is 2.31. The van der Waals surface area contributed by atoms with Crippen molar-refractivity contribution in [3.05, 3.63) is 30.3 Å². The van der Waals surface area contributed by atoms with E-state index in [1.54, 1.807) is 0 Å². The summed E-state index contributed by atoms with van der Waals surface area (Å²) in [5.74, 6) is 0. The van der Waals surface area contributed by atoms with Crippen LogP contribution in [0.5, 0.6) is 0 Å². The molecule has 1 aromatic carbocycles. The molecule has 0 bridgehead atoms. The van der Waals surface area contributed by atoms with E-state index in [9.17, 15) is 4.79 Å². The molecule has 1 rings (SSSR count). The summed E-state index contributed by atoms with van der Waals surface area (Å²) in [5.41, 5.74) is 0. The number of carbonyl (C=O) groups excluding carboxylic acids is 1. The standard InChI is InChI=1S/C16H26OSi/c1-4-5-6-7-11-14-16(17)18(2,3)15-12-9-8-10-13-15/h8-10,12-13H,4-7,11,14H2,1-3H3. The molecule has 0 N–H and O–H groups in total. The predicted octanol–water partition coefficient (Wildman–Crippen LogP) is 4.07. The fourth-order valence-electron chi connectivity index (χ4n) is 2.22. The zero-order valence-corrected chi connectivity index (χ0v) is 13.0. The second-order valence-electron chi connectivity index (χ2n) is 5.58. The van der Waals surface area contributed by atoms with Crippen LogP contribution in [0.25, 0.3) is 0 Å². The Morgan fingerprint density at radius 3 is 2.22 bits per heavy atom. The van der Waals surface area contributed by atoms with E-state index in [4.69, 9.17) is 0 Å². The first-order chi connectivity index (χ1) is 8.59. The molecule has 1 aromatic rings. The van der Waals surface area contributed by atoms with Crippen LogP contribution < -0.4 is 5.19 Å². The van der Waals surface area contributed by atoms with E-state index < -0.39 is 8.07 Å². The van der Waals surface area contributed by atoms with Crippen molar-refractivity contribution in [3.8, 4) is 0 Å².